The maximum atomic E-state index is 13.6. The van der Waals surface area contributed by atoms with E-state index in [1.54, 1.807) is 0 Å². The second kappa shape index (κ2) is 5.25. The molecule has 0 spiro atoms. The standard InChI is InChI=1S/C13H17FN2O2/c14-10-7-11(15)9(13(16)17)6-12(10)18-5-4-8-2-1-3-8/h6-8H,1-5,15H2,(H2,16,17). The molecule has 0 saturated heterocycles. The summed E-state index contributed by atoms with van der Waals surface area (Å²) in [6, 6.07) is 2.34. The van der Waals surface area contributed by atoms with Gasteiger partial charge in [-0.1, -0.05) is 19.3 Å². The molecule has 0 heterocycles. The molecule has 1 fully saturated rings. The van der Waals surface area contributed by atoms with E-state index in [4.69, 9.17) is 16.2 Å². The minimum atomic E-state index is -0.684. The van der Waals surface area contributed by atoms with Gasteiger partial charge in [0.2, 0.25) is 0 Å². The van der Waals surface area contributed by atoms with Gasteiger partial charge in [-0.3, -0.25) is 4.79 Å². The Morgan fingerprint density at radius 3 is 2.72 bits per heavy atom. The van der Waals surface area contributed by atoms with E-state index in [1.165, 1.54) is 25.3 Å². The molecule has 4 nitrogen and oxygen atoms in total. The molecule has 1 aromatic carbocycles. The average Bonchev–Trinajstić information content (AvgIpc) is 2.23. The molecule has 0 atom stereocenters. The molecule has 1 aliphatic rings. The van der Waals surface area contributed by atoms with Crippen LogP contribution in [0.3, 0.4) is 0 Å². The summed E-state index contributed by atoms with van der Waals surface area (Å²) < 4.78 is 18.9. The van der Waals surface area contributed by atoms with Crippen molar-refractivity contribution in [1.82, 2.24) is 0 Å². The smallest absolute Gasteiger partial charge is 0.250 e. The van der Waals surface area contributed by atoms with Crippen molar-refractivity contribution < 1.29 is 13.9 Å². The zero-order valence-electron chi connectivity index (χ0n) is 10.1. The van der Waals surface area contributed by atoms with Crippen LogP contribution in [0.25, 0.3) is 0 Å². The highest BCUT2D eigenvalue weighted by atomic mass is 19.1. The number of benzene rings is 1. The van der Waals surface area contributed by atoms with Gasteiger partial charge in [-0.05, 0) is 18.4 Å². The number of hydrogen-bond donors (Lipinski definition) is 2. The molecule has 0 aromatic heterocycles. The van der Waals surface area contributed by atoms with Crippen LogP contribution < -0.4 is 16.2 Å². The van der Waals surface area contributed by atoms with Crippen LogP contribution in [0.4, 0.5) is 10.1 Å². The summed E-state index contributed by atoms with van der Waals surface area (Å²) in [5, 5.41) is 0. The summed E-state index contributed by atoms with van der Waals surface area (Å²) >= 11 is 0. The number of halogens is 1. The van der Waals surface area contributed by atoms with Crippen molar-refractivity contribution in [3.05, 3.63) is 23.5 Å². The van der Waals surface area contributed by atoms with Crippen molar-refractivity contribution >= 4 is 11.6 Å². The highest BCUT2D eigenvalue weighted by Crippen LogP contribution is 2.30. The number of primary amides is 1. The molecule has 0 radical (unpaired) electrons. The Kier molecular flexibility index (Phi) is 3.69. The van der Waals surface area contributed by atoms with Crippen molar-refractivity contribution in [3.8, 4) is 5.75 Å². The monoisotopic (exact) mass is 252 g/mol. The Balaban J connectivity index is 2.01. The molecule has 98 valence electrons. The van der Waals surface area contributed by atoms with Crippen LogP contribution in [0.15, 0.2) is 12.1 Å². The van der Waals surface area contributed by atoms with Gasteiger partial charge in [0.1, 0.15) is 0 Å². The fraction of sp³-hybridized carbons (Fsp3) is 0.462. The average molecular weight is 252 g/mol. The molecule has 0 aliphatic heterocycles. The maximum absolute atomic E-state index is 13.6. The lowest BCUT2D eigenvalue weighted by molar-refractivity contribution is 0.100. The molecular formula is C13H17FN2O2. The zero-order valence-corrected chi connectivity index (χ0v) is 10.1. The number of nitrogens with two attached hydrogens (primary N) is 2. The number of ether oxygens (including phenoxy) is 1. The molecule has 1 amide bonds. The lowest BCUT2D eigenvalue weighted by atomic mass is 9.83. The number of hydrogen-bond acceptors (Lipinski definition) is 3. The van der Waals surface area contributed by atoms with Gasteiger partial charge < -0.3 is 16.2 Å². The number of carbonyl (C=O) groups excluding carboxylic acids is 1. The van der Waals surface area contributed by atoms with Crippen molar-refractivity contribution in [3.63, 3.8) is 0 Å². The third-order valence-electron chi connectivity index (χ3n) is 3.38. The summed E-state index contributed by atoms with van der Waals surface area (Å²) in [7, 11) is 0. The second-order valence-corrected chi connectivity index (χ2v) is 4.67. The van der Waals surface area contributed by atoms with Crippen LogP contribution in [0.1, 0.15) is 36.0 Å². The van der Waals surface area contributed by atoms with Crippen molar-refractivity contribution in [1.29, 1.82) is 0 Å². The van der Waals surface area contributed by atoms with E-state index in [1.807, 2.05) is 0 Å². The number of anilines is 1. The second-order valence-electron chi connectivity index (χ2n) is 4.67. The predicted molar refractivity (Wildman–Crippen MR) is 66.8 cm³/mol. The third-order valence-corrected chi connectivity index (χ3v) is 3.38. The van der Waals surface area contributed by atoms with Gasteiger partial charge in [-0.2, -0.15) is 0 Å². The molecule has 1 aliphatic carbocycles. The van der Waals surface area contributed by atoms with E-state index in [9.17, 15) is 9.18 Å². The Hall–Kier alpha value is -1.78. The normalized spacial score (nSPS) is 15.2. The fourth-order valence-corrected chi connectivity index (χ4v) is 2.01. The SMILES string of the molecule is NC(=O)c1cc(OCCC2CCC2)c(F)cc1N. The minimum Gasteiger partial charge on any atom is -0.490 e. The van der Waals surface area contributed by atoms with Crippen LogP contribution >= 0.6 is 0 Å². The van der Waals surface area contributed by atoms with Crippen molar-refractivity contribution in [2.75, 3.05) is 12.3 Å². The van der Waals surface area contributed by atoms with Crippen molar-refractivity contribution in [2.45, 2.75) is 25.7 Å². The summed E-state index contributed by atoms with van der Waals surface area (Å²) in [5.74, 6) is -0.516. The number of rotatable bonds is 5. The largest absolute Gasteiger partial charge is 0.490 e. The van der Waals surface area contributed by atoms with Gasteiger partial charge in [0.15, 0.2) is 11.6 Å². The van der Waals surface area contributed by atoms with E-state index < -0.39 is 11.7 Å². The molecule has 0 unspecified atom stereocenters. The highest BCUT2D eigenvalue weighted by molar-refractivity contribution is 5.98. The Bertz CT molecular complexity index is 459. The Morgan fingerprint density at radius 1 is 1.44 bits per heavy atom. The highest BCUT2D eigenvalue weighted by Gasteiger charge is 2.18. The number of carbonyl (C=O) groups is 1. The minimum absolute atomic E-state index is 0.0337. The maximum Gasteiger partial charge on any atom is 0.250 e. The van der Waals surface area contributed by atoms with Crippen LogP contribution in [0, 0.1) is 11.7 Å². The van der Waals surface area contributed by atoms with E-state index >= 15 is 0 Å². The number of amides is 1. The Morgan fingerprint density at radius 2 is 2.17 bits per heavy atom. The summed E-state index contributed by atoms with van der Waals surface area (Å²) in [6.07, 6.45) is 4.63. The number of nitrogen functional groups attached to an aromatic ring is 1. The molecule has 5 heteroatoms. The third kappa shape index (κ3) is 2.72. The van der Waals surface area contributed by atoms with E-state index in [2.05, 4.69) is 0 Å². The fourth-order valence-electron chi connectivity index (χ4n) is 2.01. The van der Waals surface area contributed by atoms with Crippen LogP contribution in [0.2, 0.25) is 0 Å². The molecule has 18 heavy (non-hydrogen) atoms. The predicted octanol–water partition coefficient (Wildman–Crippen LogP) is 2.08. The zero-order chi connectivity index (χ0) is 13.1. The topological polar surface area (TPSA) is 78.3 Å². The van der Waals surface area contributed by atoms with Gasteiger partial charge in [0, 0.05) is 11.8 Å². The first kappa shape index (κ1) is 12.7. The van der Waals surface area contributed by atoms with Crippen LogP contribution in [-0.4, -0.2) is 12.5 Å². The van der Waals surface area contributed by atoms with Gasteiger partial charge in [-0.15, -0.1) is 0 Å². The summed E-state index contributed by atoms with van der Waals surface area (Å²) in [4.78, 5) is 11.1. The van der Waals surface area contributed by atoms with Gasteiger partial charge in [-0.25, -0.2) is 4.39 Å². The Labute approximate surface area is 105 Å². The van der Waals surface area contributed by atoms with Crippen LogP contribution in [-0.2, 0) is 0 Å². The van der Waals surface area contributed by atoms with Gasteiger partial charge >= 0.3 is 0 Å². The lowest BCUT2D eigenvalue weighted by Crippen LogP contribution is -2.16. The first-order valence-electron chi connectivity index (χ1n) is 6.09. The molecule has 1 aromatic rings. The van der Waals surface area contributed by atoms with E-state index in [0.29, 0.717) is 12.5 Å². The van der Waals surface area contributed by atoms with Gasteiger partial charge in [0.25, 0.3) is 5.91 Å². The summed E-state index contributed by atoms with van der Waals surface area (Å²) in [6.45, 7) is 0.448. The molecule has 4 N–H and O–H groups in total. The van der Waals surface area contributed by atoms with Crippen molar-refractivity contribution in [2.24, 2.45) is 11.7 Å². The molecule has 0 bridgehead atoms. The lowest BCUT2D eigenvalue weighted by Gasteiger charge is -2.25. The molecular weight excluding hydrogens is 235 g/mol. The van der Waals surface area contributed by atoms with Crippen LogP contribution in [0.5, 0.6) is 5.75 Å². The van der Waals surface area contributed by atoms with E-state index in [0.717, 1.165) is 12.5 Å². The first-order valence-corrected chi connectivity index (χ1v) is 6.09. The van der Waals surface area contributed by atoms with Gasteiger partial charge in [0.05, 0.1) is 12.2 Å². The molecule has 1 saturated carbocycles. The summed E-state index contributed by atoms with van der Waals surface area (Å²) in [5.41, 5.74) is 10.8. The van der Waals surface area contributed by atoms with E-state index in [-0.39, 0.29) is 17.0 Å². The quantitative estimate of drug-likeness (QED) is 0.787. The first-order chi connectivity index (χ1) is 8.58. The molecule has 2 rings (SSSR count).